The van der Waals surface area contributed by atoms with Gasteiger partial charge in [-0.2, -0.15) is 0 Å². The Kier molecular flexibility index (Phi) is 5.19. The van der Waals surface area contributed by atoms with Crippen LogP contribution in [0, 0.1) is 0 Å². The van der Waals surface area contributed by atoms with Crippen LogP contribution in [0.3, 0.4) is 0 Å². The first-order valence-corrected chi connectivity index (χ1v) is 8.24. The molecule has 1 aliphatic rings. The lowest BCUT2D eigenvalue weighted by Crippen LogP contribution is -2.12. The lowest BCUT2D eigenvalue weighted by Gasteiger charge is -2.19. The Hall–Kier alpha value is -0.410. The summed E-state index contributed by atoms with van der Waals surface area (Å²) >= 11 is 1.96. The Balaban J connectivity index is 2.15. The number of thiazole rings is 1. The smallest absolute Gasteiger partial charge is 0.0962 e. The van der Waals surface area contributed by atoms with Crippen LogP contribution in [0.1, 0.15) is 80.3 Å². The summed E-state index contributed by atoms with van der Waals surface area (Å²) in [6.45, 7) is 8.71. The van der Waals surface area contributed by atoms with Gasteiger partial charge in [0.25, 0.3) is 0 Å². The van der Waals surface area contributed by atoms with Crippen molar-refractivity contribution in [3.8, 4) is 0 Å². The van der Waals surface area contributed by atoms with Gasteiger partial charge in [-0.1, -0.05) is 40.0 Å². The van der Waals surface area contributed by atoms with Crippen LogP contribution in [0.4, 0.5) is 0 Å². The molecule has 3 heteroatoms. The Bertz CT molecular complexity index is 365. The molecule has 102 valence electrons. The molecule has 0 aromatic carbocycles. The molecule has 1 saturated carbocycles. The van der Waals surface area contributed by atoms with E-state index >= 15 is 0 Å². The summed E-state index contributed by atoms with van der Waals surface area (Å²) in [7, 11) is 0. The summed E-state index contributed by atoms with van der Waals surface area (Å²) in [6, 6.07) is 0. The van der Waals surface area contributed by atoms with Crippen molar-refractivity contribution in [1.29, 1.82) is 0 Å². The second-order valence-corrected chi connectivity index (χ2v) is 6.75. The molecule has 2 nitrogen and oxygen atoms in total. The average molecular weight is 266 g/mol. The van der Waals surface area contributed by atoms with E-state index in [1.54, 1.807) is 0 Å². The van der Waals surface area contributed by atoms with Gasteiger partial charge in [-0.25, -0.2) is 4.98 Å². The Morgan fingerprint density at radius 3 is 2.61 bits per heavy atom. The minimum Gasteiger partial charge on any atom is -0.312 e. The topological polar surface area (TPSA) is 24.9 Å². The fraction of sp³-hybridized carbons (Fsp3) is 0.800. The fourth-order valence-electron chi connectivity index (χ4n) is 2.72. The monoisotopic (exact) mass is 266 g/mol. The van der Waals surface area contributed by atoms with Crippen LogP contribution in [0.2, 0.25) is 0 Å². The van der Waals surface area contributed by atoms with E-state index in [0.29, 0.717) is 5.92 Å². The SMILES string of the molecule is CCNCc1sc(C2CCCCC2)nc1C(C)C. The van der Waals surface area contributed by atoms with E-state index < -0.39 is 0 Å². The maximum atomic E-state index is 4.96. The summed E-state index contributed by atoms with van der Waals surface area (Å²) in [4.78, 5) is 6.43. The zero-order valence-corrected chi connectivity index (χ0v) is 12.8. The standard InChI is InChI=1S/C15H26N2S/c1-4-16-10-13-14(11(2)3)17-15(18-13)12-8-6-5-7-9-12/h11-12,16H,4-10H2,1-3H3. The van der Waals surface area contributed by atoms with E-state index in [4.69, 9.17) is 4.98 Å². The van der Waals surface area contributed by atoms with Crippen LogP contribution in [0.15, 0.2) is 0 Å². The van der Waals surface area contributed by atoms with Crippen molar-refractivity contribution in [3.05, 3.63) is 15.6 Å². The van der Waals surface area contributed by atoms with Gasteiger partial charge in [-0.3, -0.25) is 0 Å². The molecule has 1 aromatic rings. The lowest BCUT2D eigenvalue weighted by molar-refractivity contribution is 0.441. The highest BCUT2D eigenvalue weighted by Gasteiger charge is 2.22. The second-order valence-electron chi connectivity index (χ2n) is 5.63. The molecule has 0 aliphatic heterocycles. The van der Waals surface area contributed by atoms with Crippen LogP contribution in [0.25, 0.3) is 0 Å². The second kappa shape index (κ2) is 6.67. The molecule has 1 fully saturated rings. The summed E-state index contributed by atoms with van der Waals surface area (Å²) in [6.07, 6.45) is 6.91. The van der Waals surface area contributed by atoms with Crippen molar-refractivity contribution < 1.29 is 0 Å². The maximum absolute atomic E-state index is 4.96. The highest BCUT2D eigenvalue weighted by Crippen LogP contribution is 2.37. The van der Waals surface area contributed by atoms with Crippen molar-refractivity contribution in [2.75, 3.05) is 6.54 Å². The first-order chi connectivity index (χ1) is 8.72. The molecule has 1 heterocycles. The zero-order valence-electron chi connectivity index (χ0n) is 12.0. The number of hydrogen-bond acceptors (Lipinski definition) is 3. The molecule has 1 N–H and O–H groups in total. The predicted octanol–water partition coefficient (Wildman–Crippen LogP) is 4.42. The summed E-state index contributed by atoms with van der Waals surface area (Å²) in [5.74, 6) is 1.30. The number of nitrogens with zero attached hydrogens (tertiary/aromatic N) is 1. The van der Waals surface area contributed by atoms with E-state index in [2.05, 4.69) is 26.1 Å². The van der Waals surface area contributed by atoms with Gasteiger partial charge in [0, 0.05) is 17.3 Å². The van der Waals surface area contributed by atoms with Crippen LogP contribution < -0.4 is 5.32 Å². The van der Waals surface area contributed by atoms with Gasteiger partial charge in [0.05, 0.1) is 10.7 Å². The normalized spacial score (nSPS) is 17.6. The molecule has 0 unspecified atom stereocenters. The molecule has 18 heavy (non-hydrogen) atoms. The van der Waals surface area contributed by atoms with E-state index in [1.165, 1.54) is 47.7 Å². The molecule has 0 bridgehead atoms. The van der Waals surface area contributed by atoms with Gasteiger partial charge in [-0.15, -0.1) is 11.3 Å². The van der Waals surface area contributed by atoms with E-state index in [-0.39, 0.29) is 0 Å². The summed E-state index contributed by atoms with van der Waals surface area (Å²) in [5.41, 5.74) is 1.33. The van der Waals surface area contributed by atoms with E-state index in [0.717, 1.165) is 19.0 Å². The molecule has 0 amide bonds. The van der Waals surface area contributed by atoms with Crippen LogP contribution in [-0.2, 0) is 6.54 Å². The molecule has 1 aliphatic carbocycles. The number of hydrogen-bond donors (Lipinski definition) is 1. The van der Waals surface area contributed by atoms with Gasteiger partial charge in [0.1, 0.15) is 0 Å². The van der Waals surface area contributed by atoms with Crippen molar-refractivity contribution in [3.63, 3.8) is 0 Å². The molecule has 0 radical (unpaired) electrons. The molecule has 2 rings (SSSR count). The van der Waals surface area contributed by atoms with E-state index in [1.807, 2.05) is 11.3 Å². The highest BCUT2D eigenvalue weighted by atomic mass is 32.1. The molecular weight excluding hydrogens is 240 g/mol. The molecule has 0 spiro atoms. The van der Waals surface area contributed by atoms with Crippen LogP contribution >= 0.6 is 11.3 Å². The van der Waals surface area contributed by atoms with Gasteiger partial charge in [0.15, 0.2) is 0 Å². The highest BCUT2D eigenvalue weighted by molar-refractivity contribution is 7.11. The molecule has 1 aromatic heterocycles. The number of nitrogens with one attached hydrogen (secondary N) is 1. The third-order valence-electron chi connectivity index (χ3n) is 3.78. The van der Waals surface area contributed by atoms with Crippen molar-refractivity contribution >= 4 is 11.3 Å². The number of aromatic nitrogens is 1. The van der Waals surface area contributed by atoms with Crippen molar-refractivity contribution in [2.24, 2.45) is 0 Å². The first kappa shape index (κ1) is 14.0. The third kappa shape index (κ3) is 3.33. The average Bonchev–Trinajstić information content (AvgIpc) is 2.81. The molecule has 0 atom stereocenters. The van der Waals surface area contributed by atoms with Crippen LogP contribution in [-0.4, -0.2) is 11.5 Å². The van der Waals surface area contributed by atoms with Crippen LogP contribution in [0.5, 0.6) is 0 Å². The Morgan fingerprint density at radius 2 is 2.00 bits per heavy atom. The third-order valence-corrected chi connectivity index (χ3v) is 5.01. The van der Waals surface area contributed by atoms with Gasteiger partial charge < -0.3 is 5.32 Å². The minimum absolute atomic E-state index is 0.548. The largest absolute Gasteiger partial charge is 0.312 e. The number of rotatable bonds is 5. The quantitative estimate of drug-likeness (QED) is 0.853. The van der Waals surface area contributed by atoms with Crippen molar-refractivity contribution in [2.45, 2.75) is 71.3 Å². The summed E-state index contributed by atoms with van der Waals surface area (Å²) in [5, 5.41) is 4.86. The maximum Gasteiger partial charge on any atom is 0.0962 e. The predicted molar refractivity (Wildman–Crippen MR) is 79.4 cm³/mol. The fourth-order valence-corrected chi connectivity index (χ4v) is 4.08. The lowest BCUT2D eigenvalue weighted by atomic mass is 9.90. The Morgan fingerprint density at radius 1 is 1.28 bits per heavy atom. The molecular formula is C15H26N2S. The zero-order chi connectivity index (χ0) is 13.0. The van der Waals surface area contributed by atoms with Gasteiger partial charge in [-0.05, 0) is 25.3 Å². The van der Waals surface area contributed by atoms with Gasteiger partial charge >= 0.3 is 0 Å². The first-order valence-electron chi connectivity index (χ1n) is 7.42. The van der Waals surface area contributed by atoms with E-state index in [9.17, 15) is 0 Å². The minimum atomic E-state index is 0.548. The summed E-state index contributed by atoms with van der Waals surface area (Å²) < 4.78 is 0. The Labute approximate surface area is 115 Å². The molecule has 0 saturated heterocycles. The van der Waals surface area contributed by atoms with Gasteiger partial charge in [0.2, 0.25) is 0 Å². The van der Waals surface area contributed by atoms with Crippen molar-refractivity contribution in [1.82, 2.24) is 10.3 Å².